The maximum absolute atomic E-state index is 12.4. The predicted octanol–water partition coefficient (Wildman–Crippen LogP) is 2.95. The summed E-state index contributed by atoms with van der Waals surface area (Å²) in [4.78, 5) is 12.5. The van der Waals surface area contributed by atoms with E-state index in [2.05, 4.69) is 5.32 Å². The van der Waals surface area contributed by atoms with Gasteiger partial charge in [0.2, 0.25) is 0 Å². The van der Waals surface area contributed by atoms with Crippen LogP contribution in [0.4, 0.5) is 0 Å². The summed E-state index contributed by atoms with van der Waals surface area (Å²) in [5.41, 5.74) is 2.18. The monoisotopic (exact) mass is 361 g/mol. The molecule has 0 radical (unpaired) electrons. The average Bonchev–Trinajstić information content (AvgIpc) is 2.65. The van der Waals surface area contributed by atoms with Gasteiger partial charge in [-0.3, -0.25) is 4.79 Å². The topological polar surface area (TPSA) is 72.5 Å². The summed E-state index contributed by atoms with van der Waals surface area (Å²) in [6, 6.07) is 14.0. The highest BCUT2D eigenvalue weighted by atomic mass is 32.2. The zero-order chi connectivity index (χ0) is 18.3. The summed E-state index contributed by atoms with van der Waals surface area (Å²) in [6.07, 6.45) is 0. The SMILES string of the molecule is CCOCc1ccc(CNC(=O)c2ccccc2S(=O)(=O)CC)cc1. The van der Waals surface area contributed by atoms with Crippen molar-refractivity contribution in [3.8, 4) is 0 Å². The van der Waals surface area contributed by atoms with Crippen LogP contribution in [0.3, 0.4) is 0 Å². The van der Waals surface area contributed by atoms with E-state index in [4.69, 9.17) is 4.74 Å². The molecule has 0 fully saturated rings. The molecule has 0 atom stereocenters. The summed E-state index contributed by atoms with van der Waals surface area (Å²) in [6.45, 7) is 5.06. The molecule has 25 heavy (non-hydrogen) atoms. The second kappa shape index (κ2) is 8.78. The second-order valence-electron chi connectivity index (χ2n) is 5.54. The van der Waals surface area contributed by atoms with Gasteiger partial charge < -0.3 is 10.1 Å². The number of hydrogen-bond donors (Lipinski definition) is 1. The molecule has 0 aliphatic rings. The van der Waals surface area contributed by atoms with Crippen LogP contribution in [-0.4, -0.2) is 26.7 Å². The number of rotatable bonds is 8. The fourth-order valence-corrected chi connectivity index (χ4v) is 3.42. The average molecular weight is 361 g/mol. The van der Waals surface area contributed by atoms with Crippen LogP contribution >= 0.6 is 0 Å². The Morgan fingerprint density at radius 1 is 1.00 bits per heavy atom. The maximum Gasteiger partial charge on any atom is 0.252 e. The molecule has 0 saturated carbocycles. The van der Waals surface area contributed by atoms with Crippen LogP contribution in [0.15, 0.2) is 53.4 Å². The molecule has 1 N–H and O–H groups in total. The van der Waals surface area contributed by atoms with E-state index >= 15 is 0 Å². The second-order valence-corrected chi connectivity index (χ2v) is 7.78. The van der Waals surface area contributed by atoms with Crippen molar-refractivity contribution in [1.29, 1.82) is 0 Å². The van der Waals surface area contributed by atoms with Crippen LogP contribution in [0.5, 0.6) is 0 Å². The Morgan fingerprint density at radius 3 is 2.28 bits per heavy atom. The van der Waals surface area contributed by atoms with Crippen LogP contribution in [0.25, 0.3) is 0 Å². The van der Waals surface area contributed by atoms with E-state index in [0.717, 1.165) is 11.1 Å². The van der Waals surface area contributed by atoms with Gasteiger partial charge in [0.15, 0.2) is 9.84 Å². The van der Waals surface area contributed by atoms with E-state index in [1.165, 1.54) is 12.1 Å². The summed E-state index contributed by atoms with van der Waals surface area (Å²) >= 11 is 0. The van der Waals surface area contributed by atoms with Gasteiger partial charge in [-0.25, -0.2) is 8.42 Å². The van der Waals surface area contributed by atoms with Crippen molar-refractivity contribution in [3.05, 3.63) is 65.2 Å². The van der Waals surface area contributed by atoms with Crippen molar-refractivity contribution in [1.82, 2.24) is 5.32 Å². The Morgan fingerprint density at radius 2 is 1.64 bits per heavy atom. The number of ether oxygens (including phenoxy) is 1. The number of hydrogen-bond acceptors (Lipinski definition) is 4. The van der Waals surface area contributed by atoms with Crippen LogP contribution in [0.2, 0.25) is 0 Å². The standard InChI is InChI=1S/C19H23NO4S/c1-3-24-14-16-11-9-15(10-12-16)13-20-19(21)17-7-5-6-8-18(17)25(22,23)4-2/h5-12H,3-4,13-14H2,1-2H3,(H,20,21). The van der Waals surface area contributed by atoms with Gasteiger partial charge in [-0.05, 0) is 30.2 Å². The van der Waals surface area contributed by atoms with E-state index in [1.807, 2.05) is 31.2 Å². The third-order valence-corrected chi connectivity index (χ3v) is 5.58. The number of nitrogens with one attached hydrogen (secondary N) is 1. The van der Waals surface area contributed by atoms with Gasteiger partial charge in [0.1, 0.15) is 0 Å². The van der Waals surface area contributed by atoms with Crippen molar-refractivity contribution in [3.63, 3.8) is 0 Å². The molecule has 134 valence electrons. The van der Waals surface area contributed by atoms with Gasteiger partial charge in [-0.1, -0.05) is 43.3 Å². The maximum atomic E-state index is 12.4. The van der Waals surface area contributed by atoms with Crippen molar-refractivity contribution in [2.45, 2.75) is 31.9 Å². The largest absolute Gasteiger partial charge is 0.377 e. The lowest BCUT2D eigenvalue weighted by Gasteiger charge is -2.10. The van der Waals surface area contributed by atoms with E-state index in [0.29, 0.717) is 19.8 Å². The summed E-state index contributed by atoms with van der Waals surface area (Å²) in [5, 5.41) is 2.78. The minimum Gasteiger partial charge on any atom is -0.377 e. The number of carbonyl (C=O) groups excluding carboxylic acids is 1. The third kappa shape index (κ3) is 5.14. The minimum atomic E-state index is -3.45. The molecule has 0 aromatic heterocycles. The van der Waals surface area contributed by atoms with Gasteiger partial charge in [0.25, 0.3) is 5.91 Å². The van der Waals surface area contributed by atoms with Gasteiger partial charge in [0, 0.05) is 13.2 Å². The van der Waals surface area contributed by atoms with Crippen molar-refractivity contribution in [2.24, 2.45) is 0 Å². The Hall–Kier alpha value is -2.18. The van der Waals surface area contributed by atoms with E-state index < -0.39 is 15.7 Å². The first-order valence-corrected chi connectivity index (χ1v) is 9.88. The molecular weight excluding hydrogens is 338 g/mol. The van der Waals surface area contributed by atoms with E-state index in [1.54, 1.807) is 19.1 Å². The first-order valence-electron chi connectivity index (χ1n) is 8.23. The lowest BCUT2D eigenvalue weighted by atomic mass is 10.1. The Balaban J connectivity index is 2.06. The molecule has 1 amide bonds. The fourth-order valence-electron chi connectivity index (χ4n) is 2.33. The minimum absolute atomic E-state index is 0.0431. The quantitative estimate of drug-likeness (QED) is 0.785. The zero-order valence-electron chi connectivity index (χ0n) is 14.5. The van der Waals surface area contributed by atoms with Gasteiger partial charge in [-0.2, -0.15) is 0 Å². The molecule has 0 spiro atoms. The normalized spacial score (nSPS) is 11.3. The fraction of sp³-hybridized carbons (Fsp3) is 0.316. The van der Waals surface area contributed by atoms with Gasteiger partial charge in [-0.15, -0.1) is 0 Å². The summed E-state index contributed by atoms with van der Waals surface area (Å²) in [5.74, 6) is -0.440. The Labute approximate surface area is 148 Å². The molecule has 0 saturated heterocycles. The highest BCUT2D eigenvalue weighted by Crippen LogP contribution is 2.17. The van der Waals surface area contributed by atoms with Crippen molar-refractivity contribution < 1.29 is 17.9 Å². The van der Waals surface area contributed by atoms with E-state index in [9.17, 15) is 13.2 Å². The van der Waals surface area contributed by atoms with Crippen molar-refractivity contribution in [2.75, 3.05) is 12.4 Å². The molecule has 6 heteroatoms. The molecule has 0 heterocycles. The number of benzene rings is 2. The molecule has 0 aliphatic carbocycles. The lowest BCUT2D eigenvalue weighted by Crippen LogP contribution is -2.25. The number of carbonyl (C=O) groups is 1. The Bertz CT molecular complexity index is 814. The van der Waals surface area contributed by atoms with Crippen LogP contribution < -0.4 is 5.32 Å². The summed E-state index contributed by atoms with van der Waals surface area (Å²) in [7, 11) is -3.45. The molecule has 0 aliphatic heterocycles. The zero-order valence-corrected chi connectivity index (χ0v) is 15.3. The smallest absolute Gasteiger partial charge is 0.252 e. The first kappa shape index (κ1) is 19.1. The third-order valence-electron chi connectivity index (χ3n) is 3.80. The number of amides is 1. The highest BCUT2D eigenvalue weighted by molar-refractivity contribution is 7.91. The molecule has 0 unspecified atom stereocenters. The molecule has 2 rings (SSSR count). The Kier molecular flexibility index (Phi) is 6.73. The van der Waals surface area contributed by atoms with Crippen LogP contribution in [0, 0.1) is 0 Å². The first-order chi connectivity index (χ1) is 12.0. The van der Waals surface area contributed by atoms with E-state index in [-0.39, 0.29) is 16.2 Å². The highest BCUT2D eigenvalue weighted by Gasteiger charge is 2.20. The molecular formula is C19H23NO4S. The van der Waals surface area contributed by atoms with Crippen LogP contribution in [0.1, 0.15) is 35.3 Å². The van der Waals surface area contributed by atoms with Gasteiger partial charge >= 0.3 is 0 Å². The predicted molar refractivity (Wildman–Crippen MR) is 97.1 cm³/mol. The van der Waals surface area contributed by atoms with Gasteiger partial charge in [0.05, 0.1) is 22.8 Å². The number of sulfone groups is 1. The van der Waals surface area contributed by atoms with Crippen molar-refractivity contribution >= 4 is 15.7 Å². The molecule has 2 aromatic rings. The molecule has 0 bridgehead atoms. The molecule has 5 nitrogen and oxygen atoms in total. The lowest BCUT2D eigenvalue weighted by molar-refractivity contribution is 0.0947. The van der Waals surface area contributed by atoms with Crippen LogP contribution in [-0.2, 0) is 27.7 Å². The summed E-state index contributed by atoms with van der Waals surface area (Å²) < 4.78 is 29.6. The molecule has 2 aromatic carbocycles.